The van der Waals surface area contributed by atoms with E-state index in [-0.39, 0.29) is 18.0 Å². The lowest BCUT2D eigenvalue weighted by Crippen LogP contribution is -2.24. The van der Waals surface area contributed by atoms with Gasteiger partial charge < -0.3 is 10.5 Å². The Bertz CT molecular complexity index is 617. The first-order chi connectivity index (χ1) is 9.15. The molecule has 0 bridgehead atoms. The standard InChI is InChI=1S/C15H13BrFNO/c16-11-6-5-9(7-12(11)17)15-8-13(18)10-3-1-2-4-14(10)19-15/h1-7,13,15H,8,18H2/t13-,15?/m1/s1. The van der Waals surface area contributed by atoms with E-state index in [2.05, 4.69) is 15.9 Å². The van der Waals surface area contributed by atoms with Crippen LogP contribution in [-0.2, 0) is 0 Å². The second-order valence-electron chi connectivity index (χ2n) is 4.66. The van der Waals surface area contributed by atoms with E-state index in [1.54, 1.807) is 6.07 Å². The number of para-hydroxylation sites is 1. The number of halogens is 2. The van der Waals surface area contributed by atoms with Gasteiger partial charge in [0.05, 0.1) is 4.47 Å². The van der Waals surface area contributed by atoms with Gasteiger partial charge >= 0.3 is 0 Å². The number of rotatable bonds is 1. The number of nitrogens with two attached hydrogens (primary N) is 1. The molecule has 2 aromatic rings. The lowest BCUT2D eigenvalue weighted by molar-refractivity contribution is 0.161. The van der Waals surface area contributed by atoms with Crippen molar-refractivity contribution in [3.63, 3.8) is 0 Å². The van der Waals surface area contributed by atoms with Gasteiger partial charge in [-0.15, -0.1) is 0 Å². The van der Waals surface area contributed by atoms with Gasteiger partial charge in [0.15, 0.2) is 0 Å². The molecule has 2 nitrogen and oxygen atoms in total. The van der Waals surface area contributed by atoms with Crippen LogP contribution in [0.25, 0.3) is 0 Å². The van der Waals surface area contributed by atoms with Crippen molar-refractivity contribution in [2.45, 2.75) is 18.6 Å². The Kier molecular flexibility index (Phi) is 3.29. The first-order valence-electron chi connectivity index (χ1n) is 6.11. The first-order valence-corrected chi connectivity index (χ1v) is 6.90. The Labute approximate surface area is 119 Å². The Morgan fingerprint density at radius 3 is 2.79 bits per heavy atom. The zero-order valence-electron chi connectivity index (χ0n) is 10.1. The van der Waals surface area contributed by atoms with Crippen molar-refractivity contribution in [2.75, 3.05) is 0 Å². The highest BCUT2D eigenvalue weighted by atomic mass is 79.9. The van der Waals surface area contributed by atoms with E-state index in [0.29, 0.717) is 10.9 Å². The smallest absolute Gasteiger partial charge is 0.137 e. The highest BCUT2D eigenvalue weighted by Gasteiger charge is 2.27. The largest absolute Gasteiger partial charge is 0.485 e. The van der Waals surface area contributed by atoms with Crippen molar-refractivity contribution in [1.29, 1.82) is 0 Å². The fourth-order valence-corrected chi connectivity index (χ4v) is 2.62. The predicted molar refractivity (Wildman–Crippen MR) is 75.5 cm³/mol. The molecule has 98 valence electrons. The molecule has 0 saturated carbocycles. The third-order valence-corrected chi connectivity index (χ3v) is 4.01. The van der Waals surface area contributed by atoms with Crippen molar-refractivity contribution in [3.8, 4) is 5.75 Å². The minimum absolute atomic E-state index is 0.0818. The Balaban J connectivity index is 1.94. The van der Waals surface area contributed by atoms with Gasteiger partial charge in [-0.2, -0.15) is 0 Å². The van der Waals surface area contributed by atoms with Crippen molar-refractivity contribution >= 4 is 15.9 Å². The quantitative estimate of drug-likeness (QED) is 0.857. The molecule has 0 spiro atoms. The zero-order chi connectivity index (χ0) is 13.4. The predicted octanol–water partition coefficient (Wildman–Crippen LogP) is 4.11. The van der Waals surface area contributed by atoms with Crippen LogP contribution in [-0.4, -0.2) is 0 Å². The molecule has 1 aliphatic rings. The monoisotopic (exact) mass is 321 g/mol. The van der Waals surface area contributed by atoms with Crippen LogP contribution in [0.15, 0.2) is 46.9 Å². The summed E-state index contributed by atoms with van der Waals surface area (Å²) in [6, 6.07) is 12.7. The van der Waals surface area contributed by atoms with Crippen LogP contribution in [0, 0.1) is 5.82 Å². The van der Waals surface area contributed by atoms with E-state index < -0.39 is 0 Å². The summed E-state index contributed by atoms with van der Waals surface area (Å²) >= 11 is 3.15. The fourth-order valence-electron chi connectivity index (χ4n) is 2.37. The van der Waals surface area contributed by atoms with Crippen LogP contribution in [0.3, 0.4) is 0 Å². The van der Waals surface area contributed by atoms with Crippen molar-refractivity contribution in [3.05, 3.63) is 63.9 Å². The van der Waals surface area contributed by atoms with Crippen LogP contribution >= 0.6 is 15.9 Å². The molecule has 2 N–H and O–H groups in total. The molecule has 0 saturated heterocycles. The summed E-state index contributed by atoms with van der Waals surface area (Å²) in [5, 5.41) is 0. The summed E-state index contributed by atoms with van der Waals surface area (Å²) in [5.41, 5.74) is 7.98. The van der Waals surface area contributed by atoms with E-state index in [1.165, 1.54) is 6.07 Å². The molecule has 2 aromatic carbocycles. The molecule has 0 amide bonds. The molecule has 0 aromatic heterocycles. The Morgan fingerprint density at radius 1 is 1.21 bits per heavy atom. The molecule has 1 heterocycles. The maximum atomic E-state index is 13.6. The van der Waals surface area contributed by atoms with E-state index in [1.807, 2.05) is 30.3 Å². The molecule has 2 atom stereocenters. The van der Waals surface area contributed by atoms with Crippen LogP contribution < -0.4 is 10.5 Å². The van der Waals surface area contributed by atoms with Crippen LogP contribution in [0.1, 0.15) is 29.7 Å². The number of benzene rings is 2. The third-order valence-electron chi connectivity index (χ3n) is 3.37. The average molecular weight is 322 g/mol. The fraction of sp³-hybridized carbons (Fsp3) is 0.200. The molecule has 0 radical (unpaired) electrons. The van der Waals surface area contributed by atoms with Crippen molar-refractivity contribution in [1.82, 2.24) is 0 Å². The van der Waals surface area contributed by atoms with Gasteiger partial charge in [-0.25, -0.2) is 4.39 Å². The molecular formula is C15H13BrFNO. The van der Waals surface area contributed by atoms with E-state index >= 15 is 0 Å². The SMILES string of the molecule is N[C@@H]1CC(c2ccc(Br)c(F)c2)Oc2ccccc21. The Morgan fingerprint density at radius 2 is 2.00 bits per heavy atom. The number of fused-ring (bicyclic) bond motifs is 1. The normalized spacial score (nSPS) is 21.6. The summed E-state index contributed by atoms with van der Waals surface area (Å²) in [5.74, 6) is 0.503. The van der Waals surface area contributed by atoms with Gasteiger partial charge in [0.1, 0.15) is 17.7 Å². The summed E-state index contributed by atoms with van der Waals surface area (Å²) in [6.45, 7) is 0. The van der Waals surface area contributed by atoms with Crippen LogP contribution in [0.4, 0.5) is 4.39 Å². The molecule has 3 rings (SSSR count). The van der Waals surface area contributed by atoms with Crippen molar-refractivity contribution in [2.24, 2.45) is 5.73 Å². The van der Waals surface area contributed by atoms with Crippen molar-refractivity contribution < 1.29 is 9.13 Å². The lowest BCUT2D eigenvalue weighted by Gasteiger charge is -2.30. The highest BCUT2D eigenvalue weighted by molar-refractivity contribution is 9.10. The molecule has 1 aliphatic heterocycles. The topological polar surface area (TPSA) is 35.2 Å². The van der Waals surface area contributed by atoms with Gasteiger partial charge in [-0.1, -0.05) is 24.3 Å². The van der Waals surface area contributed by atoms with Crippen LogP contribution in [0.2, 0.25) is 0 Å². The van der Waals surface area contributed by atoms with E-state index in [0.717, 1.165) is 16.9 Å². The van der Waals surface area contributed by atoms with E-state index in [9.17, 15) is 4.39 Å². The molecule has 0 fully saturated rings. The maximum absolute atomic E-state index is 13.6. The maximum Gasteiger partial charge on any atom is 0.137 e. The number of hydrogen-bond acceptors (Lipinski definition) is 2. The molecule has 19 heavy (non-hydrogen) atoms. The Hall–Kier alpha value is -1.39. The van der Waals surface area contributed by atoms with Gasteiger partial charge in [0, 0.05) is 18.0 Å². The number of hydrogen-bond donors (Lipinski definition) is 1. The molecular weight excluding hydrogens is 309 g/mol. The number of ether oxygens (including phenoxy) is 1. The summed E-state index contributed by atoms with van der Waals surface area (Å²) in [6.07, 6.45) is 0.449. The van der Waals surface area contributed by atoms with Crippen LogP contribution in [0.5, 0.6) is 5.75 Å². The van der Waals surface area contributed by atoms with Gasteiger partial charge in [-0.3, -0.25) is 0 Å². The van der Waals surface area contributed by atoms with Gasteiger partial charge in [0.2, 0.25) is 0 Å². The molecule has 0 aliphatic carbocycles. The molecule has 1 unspecified atom stereocenters. The lowest BCUT2D eigenvalue weighted by atomic mass is 9.93. The van der Waals surface area contributed by atoms with Gasteiger partial charge in [0.25, 0.3) is 0 Å². The van der Waals surface area contributed by atoms with Gasteiger partial charge in [-0.05, 0) is 39.7 Å². The minimum atomic E-state index is -0.284. The third kappa shape index (κ3) is 2.38. The highest BCUT2D eigenvalue weighted by Crippen LogP contribution is 2.39. The average Bonchev–Trinajstić information content (AvgIpc) is 2.42. The second-order valence-corrected chi connectivity index (χ2v) is 5.51. The first kappa shape index (κ1) is 12.6. The minimum Gasteiger partial charge on any atom is -0.485 e. The second kappa shape index (κ2) is 4.94. The molecule has 4 heteroatoms. The van der Waals surface area contributed by atoms with E-state index in [4.69, 9.17) is 10.5 Å². The zero-order valence-corrected chi connectivity index (χ0v) is 11.7. The summed E-state index contributed by atoms with van der Waals surface area (Å²) in [7, 11) is 0. The summed E-state index contributed by atoms with van der Waals surface area (Å²) < 4.78 is 20.0. The summed E-state index contributed by atoms with van der Waals surface area (Å²) in [4.78, 5) is 0.